The number of benzene rings is 3. The molecule has 0 spiro atoms. The number of H-pyrrole nitrogens is 2. The third kappa shape index (κ3) is 11.7. The predicted octanol–water partition coefficient (Wildman–Crippen LogP) is 0.543. The number of aromatic amines is 2. The number of aromatic nitrogens is 3. The zero-order valence-electron chi connectivity index (χ0n) is 31.9. The van der Waals surface area contributed by atoms with Crippen molar-refractivity contribution in [1.82, 2.24) is 46.7 Å². The lowest BCUT2D eigenvalue weighted by molar-refractivity contribution is -0.133. The zero-order valence-corrected chi connectivity index (χ0v) is 31.9. The number of nitrogens with one attached hydrogen (secondary N) is 7. The van der Waals surface area contributed by atoms with Crippen LogP contribution in [0.15, 0.2) is 97.6 Å². The van der Waals surface area contributed by atoms with Crippen LogP contribution >= 0.6 is 0 Å². The number of aromatic hydroxyl groups is 1. The Balaban J connectivity index is 1.35. The van der Waals surface area contributed by atoms with Gasteiger partial charge in [-0.1, -0.05) is 60.7 Å². The third-order valence-electron chi connectivity index (χ3n) is 9.27. The Morgan fingerprint density at radius 1 is 0.724 bits per heavy atom. The van der Waals surface area contributed by atoms with Crippen molar-refractivity contribution in [3.05, 3.63) is 120 Å². The first-order chi connectivity index (χ1) is 27.8. The van der Waals surface area contributed by atoms with E-state index in [9.17, 15) is 33.9 Å². The van der Waals surface area contributed by atoms with Crippen LogP contribution in [-0.2, 0) is 49.8 Å². The van der Waals surface area contributed by atoms with Crippen molar-refractivity contribution < 1.29 is 33.9 Å². The van der Waals surface area contributed by atoms with Gasteiger partial charge in [-0.25, -0.2) is 14.8 Å². The van der Waals surface area contributed by atoms with Crippen LogP contribution in [0.25, 0.3) is 10.9 Å². The average molecular weight is 794 g/mol. The van der Waals surface area contributed by atoms with Gasteiger partial charge in [-0.3, -0.25) is 29.4 Å². The lowest BCUT2D eigenvalue weighted by Crippen LogP contribution is -2.60. The number of phenolic OH excluding ortho intramolecular Hbond substituents is 1. The Hall–Kier alpha value is -7.21. The van der Waals surface area contributed by atoms with Crippen molar-refractivity contribution in [1.29, 1.82) is 0 Å². The number of fused-ring (bicyclic) bond motifs is 1. The van der Waals surface area contributed by atoms with Crippen LogP contribution in [0.5, 0.6) is 5.75 Å². The average Bonchev–Trinajstić information content (AvgIpc) is 3.88. The highest BCUT2D eigenvalue weighted by Gasteiger charge is 2.31. The molecule has 0 saturated heterocycles. The molecule has 3 aromatic carbocycles. The highest BCUT2D eigenvalue weighted by atomic mass is 16.3. The number of carbonyl (C=O) groups is 6. The molecule has 58 heavy (non-hydrogen) atoms. The monoisotopic (exact) mass is 793 g/mol. The highest BCUT2D eigenvalue weighted by molar-refractivity contribution is 5.96. The predicted molar refractivity (Wildman–Crippen MR) is 213 cm³/mol. The second-order valence-corrected chi connectivity index (χ2v) is 13.8. The second kappa shape index (κ2) is 19.6. The lowest BCUT2D eigenvalue weighted by atomic mass is 10.0. The number of amides is 7. The van der Waals surface area contributed by atoms with Crippen molar-refractivity contribution in [3.8, 4) is 5.75 Å². The summed E-state index contributed by atoms with van der Waals surface area (Å²) in [5.41, 5.74) is 17.3. The van der Waals surface area contributed by atoms with Crippen molar-refractivity contribution in [2.45, 2.75) is 69.9 Å². The van der Waals surface area contributed by atoms with Gasteiger partial charge in [0.1, 0.15) is 29.9 Å². The normalized spacial score (nSPS) is 13.6. The van der Waals surface area contributed by atoms with Crippen LogP contribution in [0.2, 0.25) is 0 Å². The summed E-state index contributed by atoms with van der Waals surface area (Å²) in [7, 11) is 0. The molecule has 18 nitrogen and oxygen atoms in total. The summed E-state index contributed by atoms with van der Waals surface area (Å²) in [6.45, 7) is 2.65. The number of phenols is 1. The summed E-state index contributed by atoms with van der Waals surface area (Å²) >= 11 is 0. The van der Waals surface area contributed by atoms with Gasteiger partial charge in [-0.2, -0.15) is 0 Å². The van der Waals surface area contributed by atoms with E-state index in [4.69, 9.17) is 11.5 Å². The fourth-order valence-electron chi connectivity index (χ4n) is 5.96. The summed E-state index contributed by atoms with van der Waals surface area (Å²) in [4.78, 5) is 90.0. The number of imidazole rings is 1. The van der Waals surface area contributed by atoms with Crippen LogP contribution < -0.4 is 38.2 Å². The van der Waals surface area contributed by atoms with Gasteiger partial charge < -0.3 is 47.8 Å². The second-order valence-electron chi connectivity index (χ2n) is 13.8. The summed E-state index contributed by atoms with van der Waals surface area (Å²) in [6, 6.07) is 15.6. The SMILES string of the molecule is C[C@H](NC(=O)[C@@H](Cc1ccccc1)NC(=O)[C@H](Cc1c[nH]c2ccccc12)NC(=O)[C@H](C)NC(=O)N(Cc1ccc(O)cc1)NC(=O)C(N)Cc1cnc[nH]1)C(N)=O. The van der Waals surface area contributed by atoms with Crippen LogP contribution in [-0.4, -0.2) is 90.8 Å². The molecule has 7 amide bonds. The van der Waals surface area contributed by atoms with Gasteiger partial charge in [0, 0.05) is 48.3 Å². The number of para-hydroxylation sites is 1. The molecular formula is C40H47N11O7. The summed E-state index contributed by atoms with van der Waals surface area (Å²) in [5, 5.41) is 22.1. The first kappa shape index (κ1) is 41.9. The Labute approximate surface area is 333 Å². The van der Waals surface area contributed by atoms with Gasteiger partial charge >= 0.3 is 6.03 Å². The van der Waals surface area contributed by atoms with E-state index in [1.54, 1.807) is 48.7 Å². The smallest absolute Gasteiger partial charge is 0.337 e. The van der Waals surface area contributed by atoms with E-state index in [2.05, 4.69) is 41.6 Å². The molecule has 12 N–H and O–H groups in total. The molecule has 0 aliphatic carbocycles. The molecule has 304 valence electrons. The fourth-order valence-corrected chi connectivity index (χ4v) is 5.96. The van der Waals surface area contributed by atoms with E-state index < -0.39 is 65.8 Å². The summed E-state index contributed by atoms with van der Waals surface area (Å²) in [6.07, 6.45) is 4.81. The molecule has 2 heterocycles. The molecule has 0 fully saturated rings. The van der Waals surface area contributed by atoms with Gasteiger partial charge in [0.25, 0.3) is 5.91 Å². The molecule has 0 saturated carbocycles. The molecule has 18 heteroatoms. The zero-order chi connectivity index (χ0) is 41.8. The maximum absolute atomic E-state index is 14.2. The molecule has 0 aliphatic heterocycles. The molecular weight excluding hydrogens is 747 g/mol. The number of primary amides is 1. The van der Waals surface area contributed by atoms with Crippen LogP contribution in [0.1, 0.15) is 36.2 Å². The largest absolute Gasteiger partial charge is 0.508 e. The van der Waals surface area contributed by atoms with Gasteiger partial charge in [-0.15, -0.1) is 0 Å². The molecule has 0 bridgehead atoms. The maximum Gasteiger partial charge on any atom is 0.337 e. The molecule has 1 unspecified atom stereocenters. The van der Waals surface area contributed by atoms with Gasteiger partial charge in [0.05, 0.1) is 18.9 Å². The molecule has 5 atom stereocenters. The fraction of sp³-hybridized carbons (Fsp3) is 0.275. The maximum atomic E-state index is 14.2. The van der Waals surface area contributed by atoms with Crippen LogP contribution in [0.3, 0.4) is 0 Å². The topological polar surface area (TPSA) is 283 Å². The van der Waals surface area contributed by atoms with E-state index in [1.807, 2.05) is 24.3 Å². The minimum Gasteiger partial charge on any atom is -0.508 e. The minimum absolute atomic E-state index is 0.00544. The van der Waals surface area contributed by atoms with E-state index in [0.29, 0.717) is 16.8 Å². The minimum atomic E-state index is -1.26. The summed E-state index contributed by atoms with van der Waals surface area (Å²) < 4.78 is 0. The van der Waals surface area contributed by atoms with Crippen molar-refractivity contribution in [2.75, 3.05) is 0 Å². The Bertz CT molecular complexity index is 2190. The van der Waals surface area contributed by atoms with Gasteiger partial charge in [0.2, 0.25) is 23.6 Å². The van der Waals surface area contributed by atoms with Crippen LogP contribution in [0, 0.1) is 0 Å². The number of hydrogen-bond acceptors (Lipinski definition) is 9. The van der Waals surface area contributed by atoms with E-state index in [0.717, 1.165) is 21.5 Å². The Morgan fingerprint density at radius 3 is 2.07 bits per heavy atom. The molecule has 0 radical (unpaired) electrons. The summed E-state index contributed by atoms with van der Waals surface area (Å²) in [5.74, 6) is -3.61. The van der Waals surface area contributed by atoms with E-state index >= 15 is 0 Å². The quantitative estimate of drug-likeness (QED) is 0.0588. The molecule has 0 aliphatic rings. The highest BCUT2D eigenvalue weighted by Crippen LogP contribution is 2.20. The van der Waals surface area contributed by atoms with Gasteiger partial charge in [0.15, 0.2) is 0 Å². The van der Waals surface area contributed by atoms with Crippen molar-refractivity contribution >= 4 is 46.5 Å². The van der Waals surface area contributed by atoms with Crippen LogP contribution in [0.4, 0.5) is 4.79 Å². The third-order valence-corrected chi connectivity index (χ3v) is 9.27. The Kier molecular flexibility index (Phi) is 14.2. The molecule has 2 aromatic heterocycles. The number of urea groups is 1. The van der Waals surface area contributed by atoms with Crippen molar-refractivity contribution in [3.63, 3.8) is 0 Å². The molecule has 5 rings (SSSR count). The van der Waals surface area contributed by atoms with E-state index in [-0.39, 0.29) is 31.6 Å². The lowest BCUT2D eigenvalue weighted by Gasteiger charge is -2.28. The van der Waals surface area contributed by atoms with Crippen molar-refractivity contribution in [2.24, 2.45) is 11.5 Å². The Morgan fingerprint density at radius 2 is 1.38 bits per heavy atom. The number of rotatable bonds is 17. The van der Waals surface area contributed by atoms with Gasteiger partial charge in [-0.05, 0) is 48.7 Å². The number of hydrogen-bond donors (Lipinski definition) is 10. The number of carbonyl (C=O) groups excluding carboxylic acids is 6. The number of hydrazine groups is 1. The molecule has 5 aromatic rings. The number of nitrogens with zero attached hydrogens (tertiary/aromatic N) is 2. The first-order valence-electron chi connectivity index (χ1n) is 18.5. The first-order valence-corrected chi connectivity index (χ1v) is 18.5. The number of nitrogens with two attached hydrogens (primary N) is 2. The van der Waals surface area contributed by atoms with E-state index in [1.165, 1.54) is 38.5 Å². The standard InChI is InChI=1S/C40H47N11O7/c1-23(35(42)53)46-38(56)33(16-25-8-4-3-5-9-25)49-39(57)34(17-27-19-44-32-11-7-6-10-30(27)32)48-36(54)24(2)47-40(58)51(21-26-12-14-29(52)15-13-26)50-37(55)31(41)18-28-20-43-22-45-28/h3-15,19-20,22-24,31,33-34,44,52H,16-18,21,41H2,1-2H3,(H2,42,53)(H,43,45)(H,46,56)(H,47,58)(H,48,54)(H,49,57)(H,50,55)/t23-,24-,31?,33+,34-/m0/s1.